The predicted molar refractivity (Wildman–Crippen MR) is 51.0 cm³/mol. The molecule has 0 aliphatic rings. The largest absolute Gasteiger partial charge is 0.449 e. The lowest BCUT2D eigenvalue weighted by Gasteiger charge is -2.02. The molecule has 0 aromatic carbocycles. The summed E-state index contributed by atoms with van der Waals surface area (Å²) in [6.07, 6.45) is 0.353. The maximum atomic E-state index is 10.7. The second-order valence-electron chi connectivity index (χ2n) is 2.50. The summed E-state index contributed by atoms with van der Waals surface area (Å²) in [5, 5.41) is 2.39. The van der Waals surface area contributed by atoms with Gasteiger partial charge in [-0.1, -0.05) is 0 Å². The first-order chi connectivity index (χ1) is 6.24. The molecular formula is C8H12N2O2S. The lowest BCUT2D eigenvalue weighted by atomic mass is 10.3. The van der Waals surface area contributed by atoms with Gasteiger partial charge in [0, 0.05) is 18.3 Å². The number of ether oxygens (including phenoxy) is 1. The van der Waals surface area contributed by atoms with Crippen LogP contribution in [-0.4, -0.2) is 24.7 Å². The first-order valence-corrected chi connectivity index (χ1v) is 4.85. The number of aryl methyl sites for hydroxylation is 1. The van der Waals surface area contributed by atoms with Gasteiger partial charge in [0.25, 0.3) is 0 Å². The second kappa shape index (κ2) is 4.81. The van der Waals surface area contributed by atoms with Gasteiger partial charge in [0.15, 0.2) is 0 Å². The minimum atomic E-state index is -0.387. The van der Waals surface area contributed by atoms with Gasteiger partial charge >= 0.3 is 6.09 Å². The van der Waals surface area contributed by atoms with Crippen molar-refractivity contribution in [2.24, 2.45) is 0 Å². The summed E-state index contributed by atoms with van der Waals surface area (Å²) < 4.78 is 4.85. The zero-order chi connectivity index (χ0) is 9.68. The molecule has 1 rings (SSSR count). The Kier molecular flexibility index (Phi) is 3.70. The summed E-state index contributed by atoms with van der Waals surface area (Å²) in [6, 6.07) is 0. The van der Waals surface area contributed by atoms with Crippen LogP contribution in [0.2, 0.25) is 0 Å². The van der Waals surface area contributed by atoms with E-state index in [-0.39, 0.29) is 6.09 Å². The van der Waals surface area contributed by atoms with E-state index < -0.39 is 0 Å². The Bertz CT molecular complexity index is 285. The van der Waals surface area contributed by atoms with Crippen molar-refractivity contribution in [3.63, 3.8) is 0 Å². The third kappa shape index (κ3) is 3.02. The summed E-state index contributed by atoms with van der Waals surface area (Å²) in [6.45, 7) is 2.36. The van der Waals surface area contributed by atoms with Crippen molar-refractivity contribution >= 4 is 17.4 Å². The molecule has 0 fully saturated rings. The fourth-order valence-corrected chi connectivity index (χ4v) is 1.64. The maximum absolute atomic E-state index is 10.7. The van der Waals surface area contributed by atoms with E-state index in [4.69, 9.17) is 4.74 Å². The zero-order valence-electron chi connectivity index (χ0n) is 7.66. The monoisotopic (exact) mass is 200 g/mol. The van der Waals surface area contributed by atoms with Gasteiger partial charge in [-0.05, 0) is 6.92 Å². The molecule has 0 bridgehead atoms. The van der Waals surface area contributed by atoms with Crippen LogP contribution in [0.1, 0.15) is 10.6 Å². The Morgan fingerprint density at radius 3 is 3.08 bits per heavy atom. The van der Waals surface area contributed by atoms with Crippen molar-refractivity contribution < 1.29 is 9.53 Å². The Labute approximate surface area is 80.9 Å². The lowest BCUT2D eigenvalue weighted by molar-refractivity contribution is 0.150. The molecule has 1 amide bonds. The number of hydrogen-bond acceptors (Lipinski definition) is 4. The van der Waals surface area contributed by atoms with Crippen LogP contribution in [0.15, 0.2) is 5.51 Å². The number of carbonyl (C=O) groups excluding carboxylic acids is 1. The Hall–Kier alpha value is -1.10. The number of thiazole rings is 1. The molecule has 13 heavy (non-hydrogen) atoms. The molecule has 0 spiro atoms. The van der Waals surface area contributed by atoms with E-state index in [1.54, 1.807) is 23.9 Å². The van der Waals surface area contributed by atoms with Crippen molar-refractivity contribution in [1.82, 2.24) is 10.3 Å². The topological polar surface area (TPSA) is 51.2 Å². The number of nitrogens with zero attached hydrogens (tertiary/aromatic N) is 1. The Balaban J connectivity index is 2.28. The second-order valence-corrected chi connectivity index (χ2v) is 3.44. The van der Waals surface area contributed by atoms with E-state index in [0.717, 1.165) is 12.1 Å². The molecule has 0 unspecified atom stereocenters. The highest BCUT2D eigenvalue weighted by atomic mass is 32.1. The first kappa shape index (κ1) is 9.98. The minimum Gasteiger partial charge on any atom is -0.449 e. The Morgan fingerprint density at radius 2 is 2.54 bits per heavy atom. The summed E-state index contributed by atoms with van der Waals surface area (Å²) >= 11 is 1.59. The van der Waals surface area contributed by atoms with Gasteiger partial charge in [-0.25, -0.2) is 9.78 Å². The summed E-state index contributed by atoms with van der Waals surface area (Å²) in [4.78, 5) is 15.9. The van der Waals surface area contributed by atoms with Crippen LogP contribution < -0.4 is 5.32 Å². The third-order valence-corrected chi connectivity index (χ3v) is 2.61. The van der Waals surface area contributed by atoms with Crippen LogP contribution in [-0.2, 0) is 11.2 Å². The fraction of sp³-hybridized carbons (Fsp3) is 0.500. The molecule has 72 valence electrons. The molecule has 0 saturated carbocycles. The summed E-state index contributed by atoms with van der Waals surface area (Å²) in [5.74, 6) is 0. The van der Waals surface area contributed by atoms with Crippen LogP contribution in [0.25, 0.3) is 0 Å². The molecule has 4 nitrogen and oxygen atoms in total. The van der Waals surface area contributed by atoms with Crippen LogP contribution in [0, 0.1) is 6.92 Å². The smallest absolute Gasteiger partial charge is 0.406 e. The number of alkyl carbamates (subject to hydrolysis) is 1. The first-order valence-electron chi connectivity index (χ1n) is 3.97. The fourth-order valence-electron chi connectivity index (χ4n) is 0.875. The molecule has 1 aromatic rings. The van der Waals surface area contributed by atoms with Crippen LogP contribution >= 0.6 is 11.3 Å². The molecule has 0 radical (unpaired) electrons. The van der Waals surface area contributed by atoms with Crippen LogP contribution in [0.3, 0.4) is 0 Å². The summed E-state index contributed by atoms with van der Waals surface area (Å²) in [7, 11) is 1.54. The van der Waals surface area contributed by atoms with E-state index in [2.05, 4.69) is 10.3 Å². The average molecular weight is 200 g/mol. The molecule has 1 heterocycles. The van der Waals surface area contributed by atoms with E-state index in [1.165, 1.54) is 4.88 Å². The van der Waals surface area contributed by atoms with Gasteiger partial charge < -0.3 is 10.1 Å². The SMILES string of the molecule is CNC(=O)OCCc1scnc1C. The number of aromatic nitrogens is 1. The normalized spacial score (nSPS) is 9.69. The maximum Gasteiger partial charge on any atom is 0.406 e. The molecule has 0 aliphatic heterocycles. The predicted octanol–water partition coefficient (Wildman–Crippen LogP) is 1.35. The van der Waals surface area contributed by atoms with Gasteiger partial charge in [-0.15, -0.1) is 11.3 Å². The number of rotatable bonds is 3. The van der Waals surface area contributed by atoms with Gasteiger partial charge in [0.2, 0.25) is 0 Å². The van der Waals surface area contributed by atoms with Gasteiger partial charge in [-0.2, -0.15) is 0 Å². The molecule has 1 N–H and O–H groups in total. The van der Waals surface area contributed by atoms with Crippen LogP contribution in [0.5, 0.6) is 0 Å². The highest BCUT2D eigenvalue weighted by Crippen LogP contribution is 2.12. The molecular weight excluding hydrogens is 188 g/mol. The zero-order valence-corrected chi connectivity index (χ0v) is 8.48. The number of carbonyl (C=O) groups is 1. The van der Waals surface area contributed by atoms with Crippen molar-refractivity contribution in [3.05, 3.63) is 16.1 Å². The quantitative estimate of drug-likeness (QED) is 0.801. The highest BCUT2D eigenvalue weighted by Gasteiger charge is 2.02. The van der Waals surface area contributed by atoms with Gasteiger partial charge in [0.05, 0.1) is 17.8 Å². The molecule has 5 heteroatoms. The van der Waals surface area contributed by atoms with E-state index in [1.807, 2.05) is 6.92 Å². The number of nitrogens with one attached hydrogen (secondary N) is 1. The molecule has 0 atom stereocenters. The molecule has 0 saturated heterocycles. The lowest BCUT2D eigenvalue weighted by Crippen LogP contribution is -2.20. The Morgan fingerprint density at radius 1 is 1.77 bits per heavy atom. The van der Waals surface area contributed by atoms with Crippen molar-refractivity contribution in [1.29, 1.82) is 0 Å². The van der Waals surface area contributed by atoms with Gasteiger partial charge in [0.1, 0.15) is 0 Å². The number of hydrogen-bond donors (Lipinski definition) is 1. The van der Waals surface area contributed by atoms with Gasteiger partial charge in [-0.3, -0.25) is 0 Å². The standard InChI is InChI=1S/C8H12N2O2S/c1-6-7(13-5-10-6)3-4-12-8(11)9-2/h5H,3-4H2,1-2H3,(H,9,11). The van der Waals surface area contributed by atoms with E-state index >= 15 is 0 Å². The minimum absolute atomic E-state index is 0.387. The van der Waals surface area contributed by atoms with Crippen molar-refractivity contribution in [2.45, 2.75) is 13.3 Å². The highest BCUT2D eigenvalue weighted by molar-refractivity contribution is 7.09. The summed E-state index contributed by atoms with van der Waals surface area (Å²) in [5.41, 5.74) is 2.82. The average Bonchev–Trinajstić information content (AvgIpc) is 2.52. The van der Waals surface area contributed by atoms with E-state index in [0.29, 0.717) is 6.61 Å². The third-order valence-electron chi connectivity index (χ3n) is 1.61. The molecule has 0 aliphatic carbocycles. The van der Waals surface area contributed by atoms with E-state index in [9.17, 15) is 4.79 Å². The number of amides is 1. The van der Waals surface area contributed by atoms with Crippen molar-refractivity contribution in [2.75, 3.05) is 13.7 Å². The van der Waals surface area contributed by atoms with Crippen molar-refractivity contribution in [3.8, 4) is 0 Å². The van der Waals surface area contributed by atoms with Crippen LogP contribution in [0.4, 0.5) is 4.79 Å². The molecule has 1 aromatic heterocycles.